The summed E-state index contributed by atoms with van der Waals surface area (Å²) < 4.78 is 0. The van der Waals surface area contributed by atoms with Gasteiger partial charge >= 0.3 is 0 Å². The van der Waals surface area contributed by atoms with E-state index >= 15 is 0 Å². The monoisotopic (exact) mass is 219 g/mol. The summed E-state index contributed by atoms with van der Waals surface area (Å²) in [5.74, 6) is 0. The van der Waals surface area contributed by atoms with Crippen LogP contribution in [0.15, 0.2) is 30.7 Å². The molecule has 1 unspecified atom stereocenters. The minimum Gasteiger partial charge on any atom is -0.312 e. The van der Waals surface area contributed by atoms with Crippen molar-refractivity contribution in [1.82, 2.24) is 15.3 Å². The maximum Gasteiger partial charge on any atom is 0.123 e. The van der Waals surface area contributed by atoms with Gasteiger partial charge < -0.3 is 5.32 Å². The highest BCUT2D eigenvalue weighted by atomic mass is 32.1. The average molecular weight is 219 g/mol. The molecule has 0 amide bonds. The quantitative estimate of drug-likeness (QED) is 0.861. The van der Waals surface area contributed by atoms with E-state index in [-0.39, 0.29) is 0 Å². The van der Waals surface area contributed by atoms with Gasteiger partial charge in [-0.3, -0.25) is 4.98 Å². The molecule has 0 aliphatic heterocycles. The molecule has 15 heavy (non-hydrogen) atoms. The van der Waals surface area contributed by atoms with Gasteiger partial charge in [-0.25, -0.2) is 4.98 Å². The summed E-state index contributed by atoms with van der Waals surface area (Å²) in [4.78, 5) is 9.65. The molecule has 1 atom stereocenters. The van der Waals surface area contributed by atoms with E-state index in [0.717, 1.165) is 10.6 Å². The molecular formula is C11H13N3S. The molecule has 0 saturated carbocycles. The molecule has 0 aliphatic carbocycles. The standard InChI is InChI=1S/C11H13N3S/c1-8(12-2)10-7-14-11(15-10)9-3-5-13-6-4-9/h3-8,12H,1-2H3. The maximum atomic E-state index is 4.41. The Bertz CT molecular complexity index is 424. The number of hydrogen-bond donors (Lipinski definition) is 1. The van der Waals surface area contributed by atoms with E-state index in [1.165, 1.54) is 4.88 Å². The molecule has 4 heteroatoms. The number of thiazole rings is 1. The lowest BCUT2D eigenvalue weighted by Crippen LogP contribution is -2.10. The second-order valence-electron chi connectivity index (χ2n) is 3.31. The molecule has 0 saturated heterocycles. The van der Waals surface area contributed by atoms with Crippen molar-refractivity contribution in [3.05, 3.63) is 35.6 Å². The van der Waals surface area contributed by atoms with Crippen molar-refractivity contribution < 1.29 is 0 Å². The van der Waals surface area contributed by atoms with E-state index in [2.05, 4.69) is 22.2 Å². The topological polar surface area (TPSA) is 37.8 Å². The van der Waals surface area contributed by atoms with Crippen LogP contribution in [0, 0.1) is 0 Å². The van der Waals surface area contributed by atoms with E-state index in [0.29, 0.717) is 6.04 Å². The molecule has 78 valence electrons. The van der Waals surface area contributed by atoms with Crippen LogP contribution in [-0.4, -0.2) is 17.0 Å². The summed E-state index contributed by atoms with van der Waals surface area (Å²) in [5.41, 5.74) is 1.13. The zero-order chi connectivity index (χ0) is 10.7. The molecule has 0 fully saturated rings. The Morgan fingerprint density at radius 3 is 2.73 bits per heavy atom. The van der Waals surface area contributed by atoms with Gasteiger partial charge in [-0.05, 0) is 26.1 Å². The average Bonchev–Trinajstić information content (AvgIpc) is 2.78. The van der Waals surface area contributed by atoms with Crippen LogP contribution in [0.3, 0.4) is 0 Å². The summed E-state index contributed by atoms with van der Waals surface area (Å²) >= 11 is 1.72. The van der Waals surface area contributed by atoms with Crippen LogP contribution in [0.2, 0.25) is 0 Å². The number of nitrogens with one attached hydrogen (secondary N) is 1. The van der Waals surface area contributed by atoms with Gasteiger partial charge in [0.05, 0.1) is 0 Å². The van der Waals surface area contributed by atoms with Crippen LogP contribution in [0.25, 0.3) is 10.6 Å². The molecule has 2 heterocycles. The van der Waals surface area contributed by atoms with E-state index in [4.69, 9.17) is 0 Å². The van der Waals surface area contributed by atoms with Crippen molar-refractivity contribution in [2.45, 2.75) is 13.0 Å². The van der Waals surface area contributed by atoms with Crippen LogP contribution < -0.4 is 5.32 Å². The second kappa shape index (κ2) is 4.51. The Labute approximate surface area is 93.2 Å². The fourth-order valence-electron chi connectivity index (χ4n) is 1.26. The molecular weight excluding hydrogens is 206 g/mol. The summed E-state index contributed by atoms with van der Waals surface area (Å²) in [6, 6.07) is 4.32. The Morgan fingerprint density at radius 1 is 1.33 bits per heavy atom. The number of rotatable bonds is 3. The summed E-state index contributed by atoms with van der Waals surface area (Å²) in [6.07, 6.45) is 5.51. The SMILES string of the molecule is CNC(C)c1cnc(-c2ccncc2)s1. The smallest absolute Gasteiger partial charge is 0.123 e. The second-order valence-corrected chi connectivity index (χ2v) is 4.38. The lowest BCUT2D eigenvalue weighted by molar-refractivity contribution is 0.662. The largest absolute Gasteiger partial charge is 0.312 e. The van der Waals surface area contributed by atoms with Gasteiger partial charge in [0.25, 0.3) is 0 Å². The zero-order valence-electron chi connectivity index (χ0n) is 8.77. The molecule has 0 spiro atoms. The van der Waals surface area contributed by atoms with Crippen LogP contribution in [0.5, 0.6) is 0 Å². The first-order valence-corrected chi connectivity index (χ1v) is 5.66. The van der Waals surface area contributed by atoms with Gasteiger partial charge in [0.15, 0.2) is 0 Å². The van der Waals surface area contributed by atoms with Gasteiger partial charge in [0.1, 0.15) is 5.01 Å². The fraction of sp³-hybridized carbons (Fsp3) is 0.273. The highest BCUT2D eigenvalue weighted by Gasteiger charge is 2.08. The van der Waals surface area contributed by atoms with Gasteiger partial charge in [-0.2, -0.15) is 0 Å². The van der Waals surface area contributed by atoms with Crippen LogP contribution in [-0.2, 0) is 0 Å². The van der Waals surface area contributed by atoms with E-state index < -0.39 is 0 Å². The van der Waals surface area contributed by atoms with Crippen LogP contribution in [0.4, 0.5) is 0 Å². The normalized spacial score (nSPS) is 12.7. The van der Waals surface area contributed by atoms with Gasteiger partial charge in [0.2, 0.25) is 0 Å². The molecule has 3 nitrogen and oxygen atoms in total. The molecule has 2 rings (SSSR count). The first kappa shape index (κ1) is 10.3. The van der Waals surface area contributed by atoms with Crippen molar-refractivity contribution in [1.29, 1.82) is 0 Å². The molecule has 0 aliphatic rings. The fourth-order valence-corrected chi connectivity index (χ4v) is 2.24. The van der Waals surface area contributed by atoms with Crippen molar-refractivity contribution in [2.75, 3.05) is 7.05 Å². The lowest BCUT2D eigenvalue weighted by atomic mass is 10.3. The highest BCUT2D eigenvalue weighted by molar-refractivity contribution is 7.15. The third-order valence-corrected chi connectivity index (χ3v) is 3.54. The van der Waals surface area contributed by atoms with Crippen LogP contribution >= 0.6 is 11.3 Å². The third-order valence-electron chi connectivity index (χ3n) is 2.31. The molecule has 0 aromatic carbocycles. The van der Waals surface area contributed by atoms with E-state index in [9.17, 15) is 0 Å². The Morgan fingerprint density at radius 2 is 2.07 bits per heavy atom. The Balaban J connectivity index is 2.28. The van der Waals surface area contributed by atoms with Crippen molar-refractivity contribution >= 4 is 11.3 Å². The van der Waals surface area contributed by atoms with Crippen molar-refractivity contribution in [2.24, 2.45) is 0 Å². The predicted molar refractivity (Wildman–Crippen MR) is 62.8 cm³/mol. The van der Waals surface area contributed by atoms with E-state index in [1.807, 2.05) is 25.4 Å². The summed E-state index contributed by atoms with van der Waals surface area (Å²) in [6.45, 7) is 2.13. The van der Waals surface area contributed by atoms with Gasteiger partial charge in [-0.15, -0.1) is 11.3 Å². The number of pyridine rings is 1. The highest BCUT2D eigenvalue weighted by Crippen LogP contribution is 2.27. The minimum absolute atomic E-state index is 0.359. The third kappa shape index (κ3) is 2.22. The molecule has 2 aromatic heterocycles. The van der Waals surface area contributed by atoms with Crippen molar-refractivity contribution in [3.8, 4) is 10.6 Å². The predicted octanol–water partition coefficient (Wildman–Crippen LogP) is 2.49. The lowest BCUT2D eigenvalue weighted by Gasteiger charge is -2.04. The molecule has 0 bridgehead atoms. The number of nitrogens with zero attached hydrogens (tertiary/aromatic N) is 2. The molecule has 1 N–H and O–H groups in total. The summed E-state index contributed by atoms with van der Waals surface area (Å²) in [5, 5.41) is 4.25. The first-order chi connectivity index (χ1) is 7.31. The molecule has 0 radical (unpaired) electrons. The van der Waals surface area contributed by atoms with Crippen molar-refractivity contribution in [3.63, 3.8) is 0 Å². The summed E-state index contributed by atoms with van der Waals surface area (Å²) in [7, 11) is 1.95. The number of aromatic nitrogens is 2. The Kier molecular flexibility index (Phi) is 3.08. The zero-order valence-corrected chi connectivity index (χ0v) is 9.58. The van der Waals surface area contributed by atoms with E-state index in [1.54, 1.807) is 23.7 Å². The first-order valence-electron chi connectivity index (χ1n) is 4.84. The Hall–Kier alpha value is -1.26. The number of hydrogen-bond acceptors (Lipinski definition) is 4. The van der Waals surface area contributed by atoms with Gasteiger partial charge in [0, 0.05) is 35.1 Å². The maximum absolute atomic E-state index is 4.41. The van der Waals surface area contributed by atoms with Gasteiger partial charge in [-0.1, -0.05) is 0 Å². The molecule has 2 aromatic rings. The minimum atomic E-state index is 0.359. The van der Waals surface area contributed by atoms with Crippen LogP contribution in [0.1, 0.15) is 17.8 Å².